The topological polar surface area (TPSA) is 58.6 Å². The minimum atomic E-state index is -0.278. The van der Waals surface area contributed by atoms with Gasteiger partial charge in [-0.1, -0.05) is 11.6 Å². The molecule has 0 atom stereocenters. The van der Waals surface area contributed by atoms with Crippen molar-refractivity contribution >= 4 is 50.7 Å². The number of carbonyl (C=O) groups excluding carboxylic acids is 2. The van der Waals surface area contributed by atoms with Gasteiger partial charge in [0.25, 0.3) is 5.91 Å². The molecule has 2 aromatic rings. The Hall–Kier alpha value is -2.05. The average molecular weight is 438 g/mol. The number of amides is 2. The second-order valence-corrected chi connectivity index (χ2v) is 7.14. The van der Waals surface area contributed by atoms with Crippen molar-refractivity contribution in [2.45, 2.75) is 19.8 Å². The third kappa shape index (κ3) is 4.02. The van der Waals surface area contributed by atoms with Crippen LogP contribution in [0.5, 0.6) is 5.75 Å². The van der Waals surface area contributed by atoms with Crippen LogP contribution in [-0.2, 0) is 4.79 Å². The fourth-order valence-electron chi connectivity index (χ4n) is 2.85. The number of carbonyl (C=O) groups is 2. The number of anilines is 2. The van der Waals surface area contributed by atoms with Crippen molar-refractivity contribution in [3.05, 3.63) is 51.5 Å². The molecular weight excluding hydrogens is 420 g/mol. The van der Waals surface area contributed by atoms with Crippen molar-refractivity contribution in [2.24, 2.45) is 0 Å². The van der Waals surface area contributed by atoms with E-state index in [2.05, 4.69) is 21.2 Å². The molecule has 136 valence electrons. The summed E-state index contributed by atoms with van der Waals surface area (Å²) >= 11 is 9.48. The predicted octanol–water partition coefficient (Wildman–Crippen LogP) is 4.88. The maximum Gasteiger partial charge on any atom is 0.255 e. The summed E-state index contributed by atoms with van der Waals surface area (Å²) in [5, 5.41) is 3.32. The molecule has 1 aliphatic rings. The van der Waals surface area contributed by atoms with E-state index in [1.54, 1.807) is 41.3 Å². The van der Waals surface area contributed by atoms with Crippen molar-refractivity contribution in [2.75, 3.05) is 23.4 Å². The van der Waals surface area contributed by atoms with Gasteiger partial charge in [-0.25, -0.2) is 0 Å². The monoisotopic (exact) mass is 436 g/mol. The molecule has 0 aromatic heterocycles. The summed E-state index contributed by atoms with van der Waals surface area (Å²) in [6, 6.07) is 10.3. The lowest BCUT2D eigenvalue weighted by Gasteiger charge is -2.16. The summed E-state index contributed by atoms with van der Waals surface area (Å²) in [4.78, 5) is 26.1. The third-order valence-electron chi connectivity index (χ3n) is 4.06. The van der Waals surface area contributed by atoms with Gasteiger partial charge in [0.15, 0.2) is 5.75 Å². The number of nitrogens with zero attached hydrogens (tertiary/aromatic N) is 1. The minimum absolute atomic E-state index is 0.118. The zero-order chi connectivity index (χ0) is 18.7. The lowest BCUT2D eigenvalue weighted by Crippen LogP contribution is -2.23. The normalized spacial score (nSPS) is 13.8. The molecular formula is C19H18BrClN2O3. The number of hydrogen-bond donors (Lipinski definition) is 1. The molecule has 0 radical (unpaired) electrons. The van der Waals surface area contributed by atoms with Crippen LogP contribution >= 0.6 is 27.5 Å². The van der Waals surface area contributed by atoms with Crippen LogP contribution in [0.4, 0.5) is 11.4 Å². The molecule has 2 aromatic carbocycles. The Morgan fingerprint density at radius 2 is 2.04 bits per heavy atom. The van der Waals surface area contributed by atoms with Crippen LogP contribution in [0.1, 0.15) is 30.1 Å². The van der Waals surface area contributed by atoms with Crippen LogP contribution in [0, 0.1) is 0 Å². The Labute approximate surface area is 165 Å². The molecule has 5 nitrogen and oxygen atoms in total. The van der Waals surface area contributed by atoms with Gasteiger partial charge in [-0.2, -0.15) is 0 Å². The highest BCUT2D eigenvalue weighted by Crippen LogP contribution is 2.37. The van der Waals surface area contributed by atoms with E-state index in [1.165, 1.54) is 0 Å². The van der Waals surface area contributed by atoms with Gasteiger partial charge in [0.2, 0.25) is 5.91 Å². The van der Waals surface area contributed by atoms with E-state index in [0.29, 0.717) is 39.5 Å². The summed E-state index contributed by atoms with van der Waals surface area (Å²) in [6.45, 7) is 3.05. The Balaban J connectivity index is 1.79. The van der Waals surface area contributed by atoms with Crippen LogP contribution in [-0.4, -0.2) is 25.0 Å². The first-order valence-electron chi connectivity index (χ1n) is 8.33. The van der Waals surface area contributed by atoms with Gasteiger partial charge >= 0.3 is 0 Å². The summed E-state index contributed by atoms with van der Waals surface area (Å²) in [5.41, 5.74) is 1.79. The lowest BCUT2D eigenvalue weighted by molar-refractivity contribution is -0.117. The SMILES string of the molecule is CCOc1c(Br)cc(Cl)cc1NC(=O)c1ccc(N2CCCC2=O)cc1. The maximum atomic E-state index is 12.6. The Morgan fingerprint density at radius 1 is 1.31 bits per heavy atom. The van der Waals surface area contributed by atoms with Crippen LogP contribution in [0.3, 0.4) is 0 Å². The second kappa shape index (κ2) is 8.10. The number of hydrogen-bond acceptors (Lipinski definition) is 3. The van der Waals surface area contributed by atoms with Crippen LogP contribution in [0.2, 0.25) is 5.02 Å². The molecule has 1 saturated heterocycles. The van der Waals surface area contributed by atoms with Crippen molar-refractivity contribution in [3.63, 3.8) is 0 Å². The van der Waals surface area contributed by atoms with Gasteiger partial charge in [0.05, 0.1) is 16.8 Å². The van der Waals surface area contributed by atoms with Gasteiger partial charge < -0.3 is 15.0 Å². The molecule has 0 unspecified atom stereocenters. The summed E-state index contributed by atoms with van der Waals surface area (Å²) in [7, 11) is 0. The summed E-state index contributed by atoms with van der Waals surface area (Å²) < 4.78 is 6.26. The van der Waals surface area contributed by atoms with E-state index in [9.17, 15) is 9.59 Å². The van der Waals surface area contributed by atoms with Crippen LogP contribution in [0.25, 0.3) is 0 Å². The maximum absolute atomic E-state index is 12.6. The van der Waals surface area contributed by atoms with Gasteiger partial charge in [-0.05, 0) is 65.7 Å². The zero-order valence-corrected chi connectivity index (χ0v) is 16.6. The van der Waals surface area contributed by atoms with E-state index in [1.807, 2.05) is 6.92 Å². The molecule has 1 heterocycles. The first-order chi connectivity index (χ1) is 12.5. The number of halogens is 2. The highest BCUT2D eigenvalue weighted by Gasteiger charge is 2.22. The molecule has 1 aliphatic heterocycles. The van der Waals surface area contributed by atoms with E-state index in [4.69, 9.17) is 16.3 Å². The number of nitrogens with one attached hydrogen (secondary N) is 1. The zero-order valence-electron chi connectivity index (χ0n) is 14.2. The number of ether oxygens (including phenoxy) is 1. The lowest BCUT2D eigenvalue weighted by atomic mass is 10.1. The van der Waals surface area contributed by atoms with Crippen LogP contribution in [0.15, 0.2) is 40.9 Å². The molecule has 1 N–H and O–H groups in total. The van der Waals surface area contributed by atoms with Crippen molar-refractivity contribution in [1.29, 1.82) is 0 Å². The first kappa shape index (κ1) is 18.7. The van der Waals surface area contributed by atoms with E-state index in [0.717, 1.165) is 18.7 Å². The smallest absolute Gasteiger partial charge is 0.255 e. The molecule has 2 amide bonds. The molecule has 0 spiro atoms. The molecule has 0 bridgehead atoms. The molecule has 0 saturated carbocycles. The van der Waals surface area contributed by atoms with Gasteiger partial charge in [0, 0.05) is 29.2 Å². The Kier molecular flexibility index (Phi) is 5.84. The van der Waals surface area contributed by atoms with Gasteiger partial charge in [0.1, 0.15) is 0 Å². The molecule has 0 aliphatic carbocycles. The van der Waals surface area contributed by atoms with Crippen molar-refractivity contribution in [1.82, 2.24) is 0 Å². The van der Waals surface area contributed by atoms with Crippen molar-refractivity contribution in [3.8, 4) is 5.75 Å². The van der Waals surface area contributed by atoms with Gasteiger partial charge in [-0.3, -0.25) is 9.59 Å². The fourth-order valence-corrected chi connectivity index (χ4v) is 3.78. The van der Waals surface area contributed by atoms with E-state index >= 15 is 0 Å². The fraction of sp³-hybridized carbons (Fsp3) is 0.263. The standard InChI is InChI=1S/C19H18BrClN2O3/c1-2-26-18-15(20)10-13(21)11-16(18)22-19(25)12-5-7-14(8-6-12)23-9-3-4-17(23)24/h5-8,10-11H,2-4,9H2,1H3,(H,22,25). The average Bonchev–Trinajstić information content (AvgIpc) is 3.04. The largest absolute Gasteiger partial charge is 0.491 e. The molecule has 26 heavy (non-hydrogen) atoms. The van der Waals surface area contributed by atoms with Gasteiger partial charge in [-0.15, -0.1) is 0 Å². The summed E-state index contributed by atoms with van der Waals surface area (Å²) in [6.07, 6.45) is 1.44. The quantitative estimate of drug-likeness (QED) is 0.725. The molecule has 3 rings (SSSR count). The Bertz CT molecular complexity index is 839. The van der Waals surface area contributed by atoms with Crippen LogP contribution < -0.4 is 15.0 Å². The third-order valence-corrected chi connectivity index (χ3v) is 4.87. The minimum Gasteiger partial charge on any atom is -0.491 e. The highest BCUT2D eigenvalue weighted by atomic mass is 79.9. The predicted molar refractivity (Wildman–Crippen MR) is 106 cm³/mol. The number of benzene rings is 2. The second-order valence-electron chi connectivity index (χ2n) is 5.85. The molecule has 7 heteroatoms. The number of rotatable bonds is 5. The van der Waals surface area contributed by atoms with E-state index in [-0.39, 0.29) is 11.8 Å². The van der Waals surface area contributed by atoms with E-state index < -0.39 is 0 Å². The highest BCUT2D eigenvalue weighted by molar-refractivity contribution is 9.10. The van der Waals surface area contributed by atoms with Crippen molar-refractivity contribution < 1.29 is 14.3 Å². The first-order valence-corrected chi connectivity index (χ1v) is 9.50. The summed E-state index contributed by atoms with van der Waals surface area (Å²) in [5.74, 6) is 0.372. The Morgan fingerprint density at radius 3 is 2.65 bits per heavy atom. The molecule has 1 fully saturated rings.